The Hall–Kier alpha value is -2.56. The molecule has 1 heterocycles. The molecule has 0 atom stereocenters. The third-order valence-electron chi connectivity index (χ3n) is 3.49. The number of benzene rings is 1. The van der Waals surface area contributed by atoms with Crippen LogP contribution in [-0.4, -0.2) is 31.5 Å². The minimum atomic E-state index is -0.0631. The van der Waals surface area contributed by atoms with Crippen LogP contribution in [0.3, 0.4) is 0 Å². The summed E-state index contributed by atoms with van der Waals surface area (Å²) in [6.07, 6.45) is 3.69. The smallest absolute Gasteiger partial charge is 0.251 e. The van der Waals surface area contributed by atoms with E-state index in [9.17, 15) is 4.79 Å². The SMILES string of the molecule is CCCCNC(=O)c1ccnc(Nc2ccc(N(C)C)cc2)c1. The Kier molecular flexibility index (Phi) is 5.97. The molecule has 23 heavy (non-hydrogen) atoms. The van der Waals surface area contributed by atoms with E-state index < -0.39 is 0 Å². The molecule has 1 aromatic carbocycles. The normalized spacial score (nSPS) is 10.2. The number of unbranched alkanes of at least 4 members (excludes halogenated alkanes) is 1. The van der Waals surface area contributed by atoms with Crippen molar-refractivity contribution in [1.29, 1.82) is 0 Å². The standard InChI is InChI=1S/C18H24N4O/c1-4-5-11-20-18(23)14-10-12-19-17(13-14)21-15-6-8-16(9-7-15)22(2)3/h6-10,12-13H,4-5,11H2,1-3H3,(H,19,21)(H,20,23). The molecule has 122 valence electrons. The summed E-state index contributed by atoms with van der Waals surface area (Å²) in [6.45, 7) is 2.80. The Bertz CT molecular complexity index is 638. The van der Waals surface area contributed by atoms with Crippen molar-refractivity contribution in [3.05, 3.63) is 48.2 Å². The molecule has 0 aliphatic rings. The predicted octanol–water partition coefficient (Wildman–Crippen LogP) is 3.42. The van der Waals surface area contributed by atoms with E-state index in [1.54, 1.807) is 18.3 Å². The number of hydrogen-bond acceptors (Lipinski definition) is 4. The van der Waals surface area contributed by atoms with E-state index in [-0.39, 0.29) is 5.91 Å². The van der Waals surface area contributed by atoms with E-state index in [0.717, 1.165) is 24.2 Å². The van der Waals surface area contributed by atoms with Gasteiger partial charge >= 0.3 is 0 Å². The highest BCUT2D eigenvalue weighted by atomic mass is 16.1. The number of carbonyl (C=O) groups is 1. The zero-order chi connectivity index (χ0) is 16.7. The van der Waals surface area contributed by atoms with Crippen molar-refractivity contribution in [2.75, 3.05) is 30.9 Å². The first-order valence-corrected chi connectivity index (χ1v) is 7.89. The quantitative estimate of drug-likeness (QED) is 0.769. The minimum absolute atomic E-state index is 0.0631. The van der Waals surface area contributed by atoms with E-state index in [1.807, 2.05) is 43.3 Å². The van der Waals surface area contributed by atoms with Gasteiger partial charge < -0.3 is 15.5 Å². The molecule has 0 spiro atoms. The minimum Gasteiger partial charge on any atom is -0.378 e. The zero-order valence-electron chi connectivity index (χ0n) is 14.0. The summed E-state index contributed by atoms with van der Waals surface area (Å²) in [4.78, 5) is 18.4. The van der Waals surface area contributed by atoms with Crippen molar-refractivity contribution in [1.82, 2.24) is 10.3 Å². The lowest BCUT2D eigenvalue weighted by atomic mass is 10.2. The van der Waals surface area contributed by atoms with Gasteiger partial charge in [0.15, 0.2) is 0 Å². The van der Waals surface area contributed by atoms with Crippen molar-refractivity contribution < 1.29 is 4.79 Å². The number of aromatic nitrogens is 1. The lowest BCUT2D eigenvalue weighted by Crippen LogP contribution is -2.24. The van der Waals surface area contributed by atoms with E-state index in [0.29, 0.717) is 17.9 Å². The van der Waals surface area contributed by atoms with Gasteiger partial charge in [0.25, 0.3) is 5.91 Å². The predicted molar refractivity (Wildman–Crippen MR) is 95.5 cm³/mol. The molecule has 0 fully saturated rings. The molecule has 0 aliphatic heterocycles. The van der Waals surface area contributed by atoms with Crippen LogP contribution < -0.4 is 15.5 Å². The van der Waals surface area contributed by atoms with Crippen LogP contribution >= 0.6 is 0 Å². The summed E-state index contributed by atoms with van der Waals surface area (Å²) < 4.78 is 0. The molecule has 0 saturated carbocycles. The number of anilines is 3. The van der Waals surface area contributed by atoms with Crippen molar-refractivity contribution in [3.8, 4) is 0 Å². The molecule has 0 aliphatic carbocycles. The molecule has 0 bridgehead atoms. The van der Waals surface area contributed by atoms with Crippen molar-refractivity contribution >= 4 is 23.1 Å². The maximum absolute atomic E-state index is 12.1. The zero-order valence-corrected chi connectivity index (χ0v) is 14.0. The van der Waals surface area contributed by atoms with Gasteiger partial charge in [0.05, 0.1) is 0 Å². The van der Waals surface area contributed by atoms with Gasteiger partial charge in [-0.25, -0.2) is 4.98 Å². The van der Waals surface area contributed by atoms with Crippen LogP contribution in [0, 0.1) is 0 Å². The number of carbonyl (C=O) groups excluding carboxylic acids is 1. The van der Waals surface area contributed by atoms with E-state index in [1.165, 1.54) is 0 Å². The highest BCUT2D eigenvalue weighted by molar-refractivity contribution is 5.94. The Morgan fingerprint density at radius 3 is 2.57 bits per heavy atom. The van der Waals surface area contributed by atoms with Crippen molar-refractivity contribution in [3.63, 3.8) is 0 Å². The maximum Gasteiger partial charge on any atom is 0.251 e. The number of nitrogens with one attached hydrogen (secondary N) is 2. The third-order valence-corrected chi connectivity index (χ3v) is 3.49. The topological polar surface area (TPSA) is 57.3 Å². The van der Waals surface area contributed by atoms with Crippen LogP contribution in [0.2, 0.25) is 0 Å². The fraction of sp³-hybridized carbons (Fsp3) is 0.333. The lowest BCUT2D eigenvalue weighted by Gasteiger charge is -2.13. The summed E-state index contributed by atoms with van der Waals surface area (Å²) in [5.41, 5.74) is 2.68. The van der Waals surface area contributed by atoms with Crippen LogP contribution in [0.1, 0.15) is 30.1 Å². The van der Waals surface area contributed by atoms with Gasteiger partial charge in [-0.05, 0) is 42.8 Å². The van der Waals surface area contributed by atoms with Crippen molar-refractivity contribution in [2.24, 2.45) is 0 Å². The first-order valence-electron chi connectivity index (χ1n) is 7.89. The second-order valence-electron chi connectivity index (χ2n) is 5.61. The number of nitrogens with zero attached hydrogens (tertiary/aromatic N) is 2. The highest BCUT2D eigenvalue weighted by Gasteiger charge is 2.06. The van der Waals surface area contributed by atoms with Crippen LogP contribution in [0.5, 0.6) is 0 Å². The number of rotatable bonds is 7. The van der Waals surface area contributed by atoms with Crippen LogP contribution in [0.25, 0.3) is 0 Å². The average Bonchev–Trinajstić information content (AvgIpc) is 2.56. The molecule has 2 N–H and O–H groups in total. The maximum atomic E-state index is 12.1. The van der Waals surface area contributed by atoms with Crippen LogP contribution in [-0.2, 0) is 0 Å². The van der Waals surface area contributed by atoms with Crippen LogP contribution in [0.15, 0.2) is 42.6 Å². The van der Waals surface area contributed by atoms with Gasteiger partial charge in [-0.1, -0.05) is 13.3 Å². The molecular formula is C18H24N4O. The van der Waals surface area contributed by atoms with Gasteiger partial charge in [0.1, 0.15) is 5.82 Å². The Labute approximate surface area is 137 Å². The number of pyridine rings is 1. The fourth-order valence-corrected chi connectivity index (χ4v) is 2.11. The van der Waals surface area contributed by atoms with E-state index >= 15 is 0 Å². The van der Waals surface area contributed by atoms with Crippen molar-refractivity contribution in [2.45, 2.75) is 19.8 Å². The summed E-state index contributed by atoms with van der Waals surface area (Å²) in [7, 11) is 4.01. The second kappa shape index (κ2) is 8.17. The Morgan fingerprint density at radius 2 is 1.91 bits per heavy atom. The molecule has 1 aromatic heterocycles. The second-order valence-corrected chi connectivity index (χ2v) is 5.61. The van der Waals surface area contributed by atoms with Gasteiger partial charge in [-0.3, -0.25) is 4.79 Å². The molecular weight excluding hydrogens is 288 g/mol. The summed E-state index contributed by atoms with van der Waals surface area (Å²) in [6, 6.07) is 11.5. The van der Waals surface area contributed by atoms with Crippen LogP contribution in [0.4, 0.5) is 17.2 Å². The van der Waals surface area contributed by atoms with E-state index in [2.05, 4.69) is 22.5 Å². The molecule has 0 radical (unpaired) electrons. The van der Waals surface area contributed by atoms with Gasteiger partial charge in [0, 0.05) is 43.8 Å². The first kappa shape index (κ1) is 16.8. The third kappa shape index (κ3) is 4.98. The molecule has 5 heteroatoms. The Morgan fingerprint density at radius 1 is 1.17 bits per heavy atom. The molecule has 1 amide bonds. The lowest BCUT2D eigenvalue weighted by molar-refractivity contribution is 0.0953. The van der Waals surface area contributed by atoms with Gasteiger partial charge in [-0.2, -0.15) is 0 Å². The number of hydrogen-bond donors (Lipinski definition) is 2. The largest absolute Gasteiger partial charge is 0.378 e. The highest BCUT2D eigenvalue weighted by Crippen LogP contribution is 2.19. The summed E-state index contributed by atoms with van der Waals surface area (Å²) in [5.74, 6) is 0.595. The summed E-state index contributed by atoms with van der Waals surface area (Å²) >= 11 is 0. The molecule has 5 nitrogen and oxygen atoms in total. The molecule has 2 rings (SSSR count). The monoisotopic (exact) mass is 312 g/mol. The first-order chi connectivity index (χ1) is 11.1. The number of amides is 1. The molecule has 0 unspecified atom stereocenters. The molecule has 0 saturated heterocycles. The summed E-state index contributed by atoms with van der Waals surface area (Å²) in [5, 5.41) is 6.13. The van der Waals surface area contributed by atoms with Gasteiger partial charge in [-0.15, -0.1) is 0 Å². The fourth-order valence-electron chi connectivity index (χ4n) is 2.11. The molecule has 2 aromatic rings. The Balaban J connectivity index is 2.03. The van der Waals surface area contributed by atoms with Gasteiger partial charge in [0.2, 0.25) is 0 Å². The van der Waals surface area contributed by atoms with E-state index in [4.69, 9.17) is 0 Å². The average molecular weight is 312 g/mol.